The lowest BCUT2D eigenvalue weighted by atomic mass is 9.81. The van der Waals surface area contributed by atoms with E-state index in [9.17, 15) is 8.42 Å². The summed E-state index contributed by atoms with van der Waals surface area (Å²) in [6, 6.07) is 7.53. The van der Waals surface area contributed by atoms with E-state index in [1.165, 1.54) is 10.2 Å². The molecule has 4 N–H and O–H groups in total. The molecule has 0 fully saturated rings. The fourth-order valence-electron chi connectivity index (χ4n) is 3.41. The highest BCUT2D eigenvalue weighted by Gasteiger charge is 2.32. The van der Waals surface area contributed by atoms with E-state index in [1.807, 2.05) is 31.2 Å². The van der Waals surface area contributed by atoms with Gasteiger partial charge >= 0.3 is 0 Å². The van der Waals surface area contributed by atoms with Crippen LogP contribution in [0.2, 0.25) is 5.02 Å². The van der Waals surface area contributed by atoms with E-state index in [0.717, 1.165) is 16.7 Å². The number of fused-ring (bicyclic) bond motifs is 1. The number of benzene rings is 1. The molecule has 0 bridgehead atoms. The first-order chi connectivity index (χ1) is 12.2. The van der Waals surface area contributed by atoms with Crippen molar-refractivity contribution >= 4 is 45.7 Å². The van der Waals surface area contributed by atoms with Crippen LogP contribution in [0.3, 0.4) is 0 Å². The van der Waals surface area contributed by atoms with E-state index in [4.69, 9.17) is 23.1 Å². The van der Waals surface area contributed by atoms with Gasteiger partial charge in [0.2, 0.25) is 16.0 Å². The molecule has 1 aliphatic carbocycles. The molecule has 1 aliphatic rings. The number of aryl methyl sites for hydroxylation is 1. The van der Waals surface area contributed by atoms with Crippen LogP contribution in [0.5, 0.6) is 0 Å². The van der Waals surface area contributed by atoms with Crippen LogP contribution in [0.25, 0.3) is 0 Å². The molecule has 0 aliphatic heterocycles. The van der Waals surface area contributed by atoms with Crippen LogP contribution in [0, 0.1) is 6.92 Å². The van der Waals surface area contributed by atoms with Gasteiger partial charge in [0.1, 0.15) is 0 Å². The van der Waals surface area contributed by atoms with E-state index >= 15 is 0 Å². The molecule has 1 unspecified atom stereocenters. The fourth-order valence-corrected chi connectivity index (χ4v) is 4.62. The summed E-state index contributed by atoms with van der Waals surface area (Å²) < 4.78 is 25.8. The van der Waals surface area contributed by atoms with Crippen LogP contribution in [0.15, 0.2) is 40.7 Å². The van der Waals surface area contributed by atoms with Crippen molar-refractivity contribution in [3.8, 4) is 0 Å². The van der Waals surface area contributed by atoms with Crippen molar-refractivity contribution in [2.24, 2.45) is 21.7 Å². The van der Waals surface area contributed by atoms with Gasteiger partial charge in [0.15, 0.2) is 0 Å². The van der Waals surface area contributed by atoms with Gasteiger partial charge in [0.05, 0.1) is 12.0 Å². The number of halogens is 2. The van der Waals surface area contributed by atoms with Crippen LogP contribution in [0.4, 0.5) is 0 Å². The lowest BCUT2D eigenvalue weighted by molar-refractivity contribution is 0.587. The predicted molar refractivity (Wildman–Crippen MR) is 112 cm³/mol. The van der Waals surface area contributed by atoms with Gasteiger partial charge in [-0.3, -0.25) is 0 Å². The molecule has 1 aromatic heterocycles. The monoisotopic (exact) mass is 429 g/mol. The van der Waals surface area contributed by atoms with Gasteiger partial charge in [-0.1, -0.05) is 29.8 Å². The third-order valence-corrected chi connectivity index (χ3v) is 5.80. The summed E-state index contributed by atoms with van der Waals surface area (Å²) in [6.45, 7) is 1.85. The maximum Gasteiger partial charge on any atom is 0.235 e. The zero-order chi connectivity index (χ0) is 19.1. The minimum Gasteiger partial charge on any atom is -0.369 e. The second kappa shape index (κ2) is 7.92. The van der Waals surface area contributed by atoms with Crippen molar-refractivity contribution in [1.82, 2.24) is 3.97 Å². The predicted octanol–water partition coefficient (Wildman–Crippen LogP) is 2.39. The maximum absolute atomic E-state index is 12.2. The zero-order valence-corrected chi connectivity index (χ0v) is 17.3. The van der Waals surface area contributed by atoms with Gasteiger partial charge in [-0.25, -0.2) is 12.4 Å². The molecule has 10 heteroatoms. The molecule has 27 heavy (non-hydrogen) atoms. The van der Waals surface area contributed by atoms with Gasteiger partial charge in [0, 0.05) is 22.5 Å². The summed E-state index contributed by atoms with van der Waals surface area (Å²) >= 11 is 6.36. The van der Waals surface area contributed by atoms with Crippen molar-refractivity contribution in [3.63, 3.8) is 0 Å². The number of rotatable bonds is 3. The van der Waals surface area contributed by atoms with E-state index in [1.54, 1.807) is 6.20 Å². The second-order valence-electron chi connectivity index (χ2n) is 6.39. The fraction of sp³-hybridized carbons (Fsp3) is 0.294. The second-order valence-corrected chi connectivity index (χ2v) is 8.66. The Bertz CT molecular complexity index is 1020. The summed E-state index contributed by atoms with van der Waals surface area (Å²) in [5.41, 5.74) is 14.7. The average Bonchev–Trinajstić information content (AvgIpc) is 2.90. The Morgan fingerprint density at radius 1 is 1.26 bits per heavy atom. The van der Waals surface area contributed by atoms with Crippen LogP contribution in [-0.2, 0) is 16.4 Å². The molecule has 2 aromatic rings. The molecular weight excluding hydrogens is 409 g/mol. The molecule has 146 valence electrons. The van der Waals surface area contributed by atoms with E-state index in [2.05, 4.69) is 10.2 Å². The Hall–Kier alpha value is -2.03. The number of nitrogens with zero attached hydrogens (tertiary/aromatic N) is 3. The van der Waals surface area contributed by atoms with Crippen molar-refractivity contribution < 1.29 is 8.42 Å². The first-order valence-electron chi connectivity index (χ1n) is 8.00. The normalized spacial score (nSPS) is 17.9. The highest BCUT2D eigenvalue weighted by molar-refractivity contribution is 7.89. The molecule has 0 amide bonds. The standard InChI is InChI=1S/C17H20ClN5O2S.ClH/c1-10-9-23(26(2,24)25)15-8-11(12-5-3-4-6-13(12)18)7-14(16(10)15)21-22-17(19)20;/h3-6,9,11H,7-8H2,1-2H3,(H4,19,20,22);1H/b21-14+;. The summed E-state index contributed by atoms with van der Waals surface area (Å²) in [7, 11) is -3.45. The van der Waals surface area contributed by atoms with Crippen molar-refractivity contribution in [2.45, 2.75) is 25.7 Å². The van der Waals surface area contributed by atoms with Crippen LogP contribution < -0.4 is 11.5 Å². The first kappa shape index (κ1) is 21.3. The van der Waals surface area contributed by atoms with Crippen molar-refractivity contribution in [1.29, 1.82) is 0 Å². The quantitative estimate of drug-likeness (QED) is 0.442. The molecule has 0 saturated carbocycles. The lowest BCUT2D eigenvalue weighted by Crippen LogP contribution is -2.25. The van der Waals surface area contributed by atoms with Gasteiger partial charge in [-0.05, 0) is 42.9 Å². The Kier molecular flexibility index (Phi) is 6.24. The number of hydrogen-bond acceptors (Lipinski definition) is 4. The number of guanidine groups is 1. The third kappa shape index (κ3) is 4.28. The molecule has 0 saturated heterocycles. The van der Waals surface area contributed by atoms with Crippen molar-refractivity contribution in [2.75, 3.05) is 6.26 Å². The lowest BCUT2D eigenvalue weighted by Gasteiger charge is -2.26. The maximum atomic E-state index is 12.2. The highest BCUT2D eigenvalue weighted by Crippen LogP contribution is 2.38. The van der Waals surface area contributed by atoms with Gasteiger partial charge in [-0.2, -0.15) is 5.10 Å². The van der Waals surface area contributed by atoms with Gasteiger partial charge in [-0.15, -0.1) is 17.5 Å². The summed E-state index contributed by atoms with van der Waals surface area (Å²) in [4.78, 5) is 0. The Labute approximate surface area is 169 Å². The zero-order valence-electron chi connectivity index (χ0n) is 14.9. The highest BCUT2D eigenvalue weighted by atomic mass is 35.5. The van der Waals surface area contributed by atoms with E-state index in [-0.39, 0.29) is 24.3 Å². The minimum absolute atomic E-state index is 0. The molecule has 1 aromatic carbocycles. The largest absolute Gasteiger partial charge is 0.369 e. The smallest absolute Gasteiger partial charge is 0.235 e. The Morgan fingerprint density at radius 3 is 2.52 bits per heavy atom. The first-order valence-corrected chi connectivity index (χ1v) is 10.2. The minimum atomic E-state index is -3.45. The molecular formula is C17H21Cl2N5O2S. The number of nitrogens with two attached hydrogens (primary N) is 2. The Balaban J connectivity index is 0.00000261. The topological polar surface area (TPSA) is 116 Å². The van der Waals surface area contributed by atoms with Crippen molar-refractivity contribution in [3.05, 3.63) is 57.9 Å². The Morgan fingerprint density at radius 2 is 1.93 bits per heavy atom. The molecule has 1 heterocycles. The summed E-state index contributed by atoms with van der Waals surface area (Å²) in [6.07, 6.45) is 3.88. The number of aromatic nitrogens is 1. The van der Waals surface area contributed by atoms with E-state index in [0.29, 0.717) is 29.3 Å². The van der Waals surface area contributed by atoms with Crippen LogP contribution >= 0.6 is 24.0 Å². The van der Waals surface area contributed by atoms with Crippen LogP contribution in [0.1, 0.15) is 34.7 Å². The average molecular weight is 430 g/mol. The molecule has 7 nitrogen and oxygen atoms in total. The summed E-state index contributed by atoms with van der Waals surface area (Å²) in [5.74, 6) is -0.182. The molecule has 0 spiro atoms. The van der Waals surface area contributed by atoms with Crippen LogP contribution in [-0.4, -0.2) is 30.3 Å². The molecule has 1 atom stereocenters. The van der Waals surface area contributed by atoms with E-state index < -0.39 is 10.0 Å². The molecule has 3 rings (SSSR count). The number of hydrogen-bond donors (Lipinski definition) is 2. The van der Waals surface area contributed by atoms with Gasteiger partial charge in [0.25, 0.3) is 0 Å². The molecule has 0 radical (unpaired) electrons. The SMILES string of the molecule is Cc1cn(S(C)(=O)=O)c2c1/C(=N/N=C(N)N)CC(c1ccccc1Cl)C2.Cl. The summed E-state index contributed by atoms with van der Waals surface area (Å²) in [5, 5.41) is 8.60. The third-order valence-electron chi connectivity index (χ3n) is 4.42. The van der Waals surface area contributed by atoms with Gasteiger partial charge < -0.3 is 11.5 Å².